The second-order valence-electron chi connectivity index (χ2n) is 7.44. The molecule has 2 aromatic rings. The molecule has 0 saturated carbocycles. The summed E-state index contributed by atoms with van der Waals surface area (Å²) < 4.78 is 44.1. The quantitative estimate of drug-likeness (QED) is 0.441. The molecule has 3 rings (SSSR count). The van der Waals surface area contributed by atoms with Gasteiger partial charge in [-0.3, -0.25) is 4.79 Å². The molecule has 1 aliphatic heterocycles. The molecule has 0 radical (unpaired) electrons. The molecule has 6 nitrogen and oxygen atoms in total. The van der Waals surface area contributed by atoms with E-state index in [1.54, 1.807) is 6.07 Å². The van der Waals surface area contributed by atoms with E-state index in [-0.39, 0.29) is 12.5 Å². The number of halogens is 3. The van der Waals surface area contributed by atoms with E-state index in [1.165, 1.54) is 6.07 Å². The van der Waals surface area contributed by atoms with E-state index in [1.807, 2.05) is 31.2 Å². The number of rotatable bonds is 7. The van der Waals surface area contributed by atoms with E-state index in [0.29, 0.717) is 36.9 Å². The molecular weight excluding hydrogens is 421 g/mol. The molecule has 1 amide bonds. The molecule has 1 aliphatic rings. The molecule has 1 saturated heterocycles. The third kappa shape index (κ3) is 6.98. The Kier molecular flexibility index (Phi) is 8.10. The summed E-state index contributed by atoms with van der Waals surface area (Å²) in [5.74, 6) is 0.335. The minimum atomic E-state index is -4.38. The number of ether oxygens (including phenoxy) is 1. The van der Waals surface area contributed by atoms with Crippen molar-refractivity contribution >= 4 is 17.6 Å². The second kappa shape index (κ2) is 11.0. The SMILES string of the molecule is CCNC(=NCc1cccc(C(F)(F)F)c1)NCc1cccc(NC(=O)C2CCCO2)c1. The first-order chi connectivity index (χ1) is 15.3. The van der Waals surface area contributed by atoms with Crippen molar-refractivity contribution in [2.45, 2.75) is 45.1 Å². The number of aliphatic imine (C=N–C) groups is 1. The van der Waals surface area contributed by atoms with Crippen molar-refractivity contribution in [3.8, 4) is 0 Å². The van der Waals surface area contributed by atoms with Gasteiger partial charge >= 0.3 is 6.18 Å². The highest BCUT2D eigenvalue weighted by Gasteiger charge is 2.30. The van der Waals surface area contributed by atoms with Gasteiger partial charge in [-0.25, -0.2) is 4.99 Å². The zero-order valence-corrected chi connectivity index (χ0v) is 17.8. The van der Waals surface area contributed by atoms with Crippen LogP contribution in [0.3, 0.4) is 0 Å². The molecule has 0 bridgehead atoms. The van der Waals surface area contributed by atoms with Crippen molar-refractivity contribution < 1.29 is 22.7 Å². The number of benzene rings is 2. The predicted octanol–water partition coefficient (Wildman–Crippen LogP) is 4.08. The molecule has 9 heteroatoms. The first-order valence-electron chi connectivity index (χ1n) is 10.5. The van der Waals surface area contributed by atoms with Crippen LogP contribution in [0.2, 0.25) is 0 Å². The van der Waals surface area contributed by atoms with Gasteiger partial charge in [0.2, 0.25) is 0 Å². The van der Waals surface area contributed by atoms with Crippen molar-refractivity contribution in [1.29, 1.82) is 0 Å². The Morgan fingerprint density at radius 3 is 2.62 bits per heavy atom. The maximum Gasteiger partial charge on any atom is 0.416 e. The summed E-state index contributed by atoms with van der Waals surface area (Å²) in [6.45, 7) is 3.65. The molecule has 0 spiro atoms. The summed E-state index contributed by atoms with van der Waals surface area (Å²) in [7, 11) is 0. The predicted molar refractivity (Wildman–Crippen MR) is 117 cm³/mol. The topological polar surface area (TPSA) is 74.8 Å². The number of nitrogens with one attached hydrogen (secondary N) is 3. The van der Waals surface area contributed by atoms with Crippen LogP contribution < -0.4 is 16.0 Å². The number of hydrogen-bond donors (Lipinski definition) is 3. The van der Waals surface area contributed by atoms with E-state index >= 15 is 0 Å². The molecule has 0 aliphatic carbocycles. The van der Waals surface area contributed by atoms with Gasteiger partial charge in [0.1, 0.15) is 6.10 Å². The lowest BCUT2D eigenvalue weighted by Gasteiger charge is -2.14. The van der Waals surface area contributed by atoms with Crippen molar-refractivity contribution in [2.24, 2.45) is 4.99 Å². The van der Waals surface area contributed by atoms with Crippen molar-refractivity contribution in [1.82, 2.24) is 10.6 Å². The Bertz CT molecular complexity index is 941. The summed E-state index contributed by atoms with van der Waals surface area (Å²) in [5, 5.41) is 9.12. The molecular formula is C23H27F3N4O2. The Morgan fingerprint density at radius 2 is 1.91 bits per heavy atom. The molecule has 1 heterocycles. The van der Waals surface area contributed by atoms with E-state index in [0.717, 1.165) is 30.5 Å². The normalized spacial score (nSPS) is 16.6. The van der Waals surface area contributed by atoms with Crippen LogP contribution in [-0.4, -0.2) is 31.1 Å². The van der Waals surface area contributed by atoms with Crippen LogP contribution in [-0.2, 0) is 28.8 Å². The summed E-state index contributed by atoms with van der Waals surface area (Å²) in [5.41, 5.74) is 1.37. The maximum absolute atomic E-state index is 12.9. The smallest absolute Gasteiger partial charge is 0.368 e. The van der Waals surface area contributed by atoms with Crippen molar-refractivity contribution in [3.05, 3.63) is 65.2 Å². The molecule has 0 aromatic heterocycles. The van der Waals surface area contributed by atoms with E-state index in [2.05, 4.69) is 20.9 Å². The van der Waals surface area contributed by atoms with Crippen LogP contribution in [0.4, 0.5) is 18.9 Å². The first-order valence-corrected chi connectivity index (χ1v) is 10.5. The molecule has 172 valence electrons. The van der Waals surface area contributed by atoms with Crippen LogP contribution in [0.25, 0.3) is 0 Å². The Morgan fingerprint density at radius 1 is 1.12 bits per heavy atom. The number of amides is 1. The number of nitrogens with zero attached hydrogens (tertiary/aromatic N) is 1. The fourth-order valence-electron chi connectivity index (χ4n) is 3.31. The molecule has 3 N–H and O–H groups in total. The highest BCUT2D eigenvalue weighted by Crippen LogP contribution is 2.29. The van der Waals surface area contributed by atoms with Crippen LogP contribution in [0.1, 0.15) is 36.5 Å². The Hall–Kier alpha value is -3.07. The van der Waals surface area contributed by atoms with E-state index < -0.39 is 17.8 Å². The lowest BCUT2D eigenvalue weighted by atomic mass is 10.1. The average molecular weight is 448 g/mol. The van der Waals surface area contributed by atoms with E-state index in [9.17, 15) is 18.0 Å². The maximum atomic E-state index is 12.9. The van der Waals surface area contributed by atoms with Gasteiger partial charge in [-0.1, -0.05) is 24.3 Å². The second-order valence-corrected chi connectivity index (χ2v) is 7.44. The standard InChI is InChI=1S/C23H27F3N4O2/c1-2-27-22(28-14-16-6-3-8-18(12-16)23(24,25)26)29-15-17-7-4-9-19(13-17)30-21(31)20-10-5-11-32-20/h3-4,6-9,12-13,20H,2,5,10-11,14-15H2,1H3,(H,30,31)(H2,27,28,29). The number of carbonyl (C=O) groups excluding carboxylic acids is 1. The Labute approximate surface area is 185 Å². The minimum Gasteiger partial charge on any atom is -0.368 e. The van der Waals surface area contributed by atoms with Gasteiger partial charge in [0.05, 0.1) is 12.1 Å². The van der Waals surface area contributed by atoms with Gasteiger partial charge < -0.3 is 20.7 Å². The van der Waals surface area contributed by atoms with Crippen LogP contribution in [0.5, 0.6) is 0 Å². The van der Waals surface area contributed by atoms with E-state index in [4.69, 9.17) is 4.74 Å². The number of hydrogen-bond acceptors (Lipinski definition) is 3. The zero-order valence-electron chi connectivity index (χ0n) is 17.8. The fourth-order valence-corrected chi connectivity index (χ4v) is 3.31. The van der Waals surface area contributed by atoms with Gasteiger partial charge in [0.25, 0.3) is 5.91 Å². The number of alkyl halides is 3. The minimum absolute atomic E-state index is 0.108. The van der Waals surface area contributed by atoms with Gasteiger partial charge in [-0.05, 0) is 55.2 Å². The highest BCUT2D eigenvalue weighted by atomic mass is 19.4. The summed E-state index contributed by atoms with van der Waals surface area (Å²) in [6.07, 6.45) is -3.18. The number of guanidine groups is 1. The number of carbonyl (C=O) groups is 1. The van der Waals surface area contributed by atoms with Crippen molar-refractivity contribution in [3.63, 3.8) is 0 Å². The molecule has 2 aromatic carbocycles. The van der Waals surface area contributed by atoms with Crippen LogP contribution in [0.15, 0.2) is 53.5 Å². The van der Waals surface area contributed by atoms with Crippen molar-refractivity contribution in [2.75, 3.05) is 18.5 Å². The lowest BCUT2D eigenvalue weighted by molar-refractivity contribution is -0.137. The summed E-state index contributed by atoms with van der Waals surface area (Å²) in [6, 6.07) is 12.6. The largest absolute Gasteiger partial charge is 0.416 e. The zero-order chi connectivity index (χ0) is 23.0. The fraction of sp³-hybridized carbons (Fsp3) is 0.391. The third-order valence-electron chi connectivity index (χ3n) is 4.89. The summed E-state index contributed by atoms with van der Waals surface area (Å²) in [4.78, 5) is 16.6. The molecule has 1 unspecified atom stereocenters. The number of anilines is 1. The van der Waals surface area contributed by atoms with Gasteiger partial charge in [-0.2, -0.15) is 13.2 Å². The molecule has 1 fully saturated rings. The monoisotopic (exact) mass is 448 g/mol. The highest BCUT2D eigenvalue weighted by molar-refractivity contribution is 5.94. The molecule has 32 heavy (non-hydrogen) atoms. The van der Waals surface area contributed by atoms with Crippen LogP contribution in [0, 0.1) is 0 Å². The average Bonchev–Trinajstić information content (AvgIpc) is 3.31. The summed E-state index contributed by atoms with van der Waals surface area (Å²) >= 11 is 0. The first kappa shape index (κ1) is 23.6. The molecule has 1 atom stereocenters. The Balaban J connectivity index is 1.60. The van der Waals surface area contributed by atoms with Gasteiger partial charge in [-0.15, -0.1) is 0 Å². The van der Waals surface area contributed by atoms with Gasteiger partial charge in [0.15, 0.2) is 5.96 Å². The van der Waals surface area contributed by atoms with Crippen LogP contribution >= 0.6 is 0 Å². The third-order valence-corrected chi connectivity index (χ3v) is 4.89. The lowest BCUT2D eigenvalue weighted by Crippen LogP contribution is -2.36. The van der Waals surface area contributed by atoms with Gasteiger partial charge in [0, 0.05) is 25.4 Å².